The summed E-state index contributed by atoms with van der Waals surface area (Å²) >= 11 is 0. The fraction of sp³-hybridized carbons (Fsp3) is 0.154. The van der Waals surface area contributed by atoms with Crippen molar-refractivity contribution >= 4 is 17.0 Å². The van der Waals surface area contributed by atoms with Gasteiger partial charge >= 0.3 is 0 Å². The average molecular weight is 239 g/mol. The number of anilines is 1. The third-order valence-electron chi connectivity index (χ3n) is 2.66. The number of hydrogen-bond donors (Lipinski definition) is 2. The summed E-state index contributed by atoms with van der Waals surface area (Å²) in [5.41, 5.74) is 3.79. The predicted molar refractivity (Wildman–Crippen MR) is 70.2 cm³/mol. The second kappa shape index (κ2) is 4.44. The van der Waals surface area contributed by atoms with E-state index in [2.05, 4.69) is 25.3 Å². The van der Waals surface area contributed by atoms with E-state index in [1.54, 1.807) is 12.4 Å². The van der Waals surface area contributed by atoms with Crippen LogP contribution in [0.25, 0.3) is 11.0 Å². The molecule has 0 radical (unpaired) electrons. The number of aryl methyl sites for hydroxylation is 1. The minimum Gasteiger partial charge on any atom is -0.350 e. The maximum Gasteiger partial charge on any atom is 0.201 e. The quantitative estimate of drug-likeness (QED) is 0.735. The summed E-state index contributed by atoms with van der Waals surface area (Å²) in [6, 6.07) is 7.93. The monoisotopic (exact) mass is 239 g/mol. The lowest BCUT2D eigenvalue weighted by Crippen LogP contribution is -2.03. The van der Waals surface area contributed by atoms with Gasteiger partial charge in [-0.05, 0) is 19.1 Å². The van der Waals surface area contributed by atoms with E-state index >= 15 is 0 Å². The topological polar surface area (TPSA) is 66.5 Å². The molecule has 0 aliphatic rings. The normalized spacial score (nSPS) is 10.7. The molecule has 0 fully saturated rings. The minimum atomic E-state index is 0.604. The highest BCUT2D eigenvalue weighted by atomic mass is 15.1. The van der Waals surface area contributed by atoms with Gasteiger partial charge in [0.2, 0.25) is 5.95 Å². The molecule has 18 heavy (non-hydrogen) atoms. The van der Waals surface area contributed by atoms with Gasteiger partial charge in [-0.1, -0.05) is 12.1 Å². The van der Waals surface area contributed by atoms with E-state index in [0.29, 0.717) is 6.54 Å². The Morgan fingerprint density at radius 3 is 2.83 bits per heavy atom. The van der Waals surface area contributed by atoms with Gasteiger partial charge in [-0.15, -0.1) is 0 Å². The highest BCUT2D eigenvalue weighted by molar-refractivity contribution is 5.77. The van der Waals surface area contributed by atoms with Crippen LogP contribution < -0.4 is 5.32 Å². The number of H-pyrrole nitrogens is 1. The summed E-state index contributed by atoms with van der Waals surface area (Å²) in [5.74, 6) is 0.749. The van der Waals surface area contributed by atoms with Crippen LogP contribution in [0.5, 0.6) is 0 Å². The van der Waals surface area contributed by atoms with E-state index in [1.807, 2.05) is 31.2 Å². The number of rotatable bonds is 3. The molecule has 3 rings (SSSR count). The third kappa shape index (κ3) is 2.15. The van der Waals surface area contributed by atoms with Gasteiger partial charge < -0.3 is 10.3 Å². The van der Waals surface area contributed by atoms with Crippen molar-refractivity contribution in [3.8, 4) is 0 Å². The van der Waals surface area contributed by atoms with Gasteiger partial charge in [0.05, 0.1) is 35.2 Å². The molecule has 0 saturated carbocycles. The van der Waals surface area contributed by atoms with Gasteiger partial charge in [-0.3, -0.25) is 9.97 Å². The van der Waals surface area contributed by atoms with Crippen molar-refractivity contribution in [2.24, 2.45) is 0 Å². The summed E-state index contributed by atoms with van der Waals surface area (Å²) in [7, 11) is 0. The van der Waals surface area contributed by atoms with Gasteiger partial charge in [-0.25, -0.2) is 4.98 Å². The number of aromatic amines is 1. The minimum absolute atomic E-state index is 0.604. The lowest BCUT2D eigenvalue weighted by atomic mass is 10.3. The number of imidazole rings is 1. The Morgan fingerprint density at radius 1 is 1.17 bits per heavy atom. The number of nitrogens with one attached hydrogen (secondary N) is 2. The summed E-state index contributed by atoms with van der Waals surface area (Å²) in [6.07, 6.45) is 3.53. The van der Waals surface area contributed by atoms with Gasteiger partial charge in [0.25, 0.3) is 0 Å². The smallest absolute Gasteiger partial charge is 0.201 e. The molecule has 2 N–H and O–H groups in total. The molecule has 0 spiro atoms. The Hall–Kier alpha value is -2.43. The van der Waals surface area contributed by atoms with Crippen LogP contribution in [0, 0.1) is 6.92 Å². The Bertz CT molecular complexity index is 623. The molecule has 90 valence electrons. The van der Waals surface area contributed by atoms with Crippen LogP contribution in [0.4, 0.5) is 5.95 Å². The average Bonchev–Trinajstić information content (AvgIpc) is 2.81. The van der Waals surface area contributed by atoms with Crippen molar-refractivity contribution in [2.45, 2.75) is 13.5 Å². The molecule has 0 aliphatic heterocycles. The van der Waals surface area contributed by atoms with Gasteiger partial charge in [-0.2, -0.15) is 0 Å². The predicted octanol–water partition coefficient (Wildman–Crippen LogP) is 2.27. The molecule has 0 unspecified atom stereocenters. The van der Waals surface area contributed by atoms with Gasteiger partial charge in [0.1, 0.15) is 0 Å². The number of nitrogens with zero attached hydrogens (tertiary/aromatic N) is 3. The first-order valence-corrected chi connectivity index (χ1v) is 5.77. The Balaban J connectivity index is 1.74. The Labute approximate surface area is 104 Å². The SMILES string of the molecule is Cc1cnc(CNc2nc3ccccc3[nH]2)cn1. The van der Waals surface area contributed by atoms with E-state index in [9.17, 15) is 0 Å². The third-order valence-corrected chi connectivity index (χ3v) is 2.66. The molecule has 0 atom stereocenters. The highest BCUT2D eigenvalue weighted by Crippen LogP contribution is 2.13. The zero-order valence-electron chi connectivity index (χ0n) is 10.0. The molecule has 5 heteroatoms. The van der Waals surface area contributed by atoms with E-state index in [0.717, 1.165) is 28.4 Å². The van der Waals surface area contributed by atoms with E-state index in [4.69, 9.17) is 0 Å². The maximum atomic E-state index is 4.43. The lowest BCUT2D eigenvalue weighted by molar-refractivity contribution is 0.972. The van der Waals surface area contributed by atoms with Crippen molar-refractivity contribution in [1.29, 1.82) is 0 Å². The van der Waals surface area contributed by atoms with E-state index in [-0.39, 0.29) is 0 Å². The van der Waals surface area contributed by atoms with Gasteiger partial charge in [0.15, 0.2) is 0 Å². The highest BCUT2D eigenvalue weighted by Gasteiger charge is 2.01. The molecule has 2 aromatic heterocycles. The Morgan fingerprint density at radius 2 is 2.06 bits per heavy atom. The van der Waals surface area contributed by atoms with Crippen molar-refractivity contribution < 1.29 is 0 Å². The number of fused-ring (bicyclic) bond motifs is 1. The van der Waals surface area contributed by atoms with Crippen LogP contribution in [-0.2, 0) is 6.54 Å². The first-order valence-electron chi connectivity index (χ1n) is 5.77. The summed E-state index contributed by atoms with van der Waals surface area (Å²) in [5, 5.41) is 3.20. The van der Waals surface area contributed by atoms with E-state index < -0.39 is 0 Å². The largest absolute Gasteiger partial charge is 0.350 e. The first-order chi connectivity index (χ1) is 8.81. The fourth-order valence-electron chi connectivity index (χ4n) is 1.72. The lowest BCUT2D eigenvalue weighted by Gasteiger charge is -2.01. The molecular weight excluding hydrogens is 226 g/mol. The number of aromatic nitrogens is 4. The van der Waals surface area contributed by atoms with Crippen LogP contribution in [-0.4, -0.2) is 19.9 Å². The van der Waals surface area contributed by atoms with Gasteiger partial charge in [0, 0.05) is 6.20 Å². The fourth-order valence-corrected chi connectivity index (χ4v) is 1.72. The second-order valence-corrected chi connectivity index (χ2v) is 4.11. The Kier molecular flexibility index (Phi) is 2.64. The second-order valence-electron chi connectivity index (χ2n) is 4.11. The molecular formula is C13H13N5. The molecule has 5 nitrogen and oxygen atoms in total. The summed E-state index contributed by atoms with van der Waals surface area (Å²) < 4.78 is 0. The van der Waals surface area contributed by atoms with Crippen LogP contribution in [0.2, 0.25) is 0 Å². The summed E-state index contributed by atoms with van der Waals surface area (Å²) in [4.78, 5) is 16.1. The molecule has 0 aliphatic carbocycles. The van der Waals surface area contributed by atoms with Crippen molar-refractivity contribution in [3.63, 3.8) is 0 Å². The molecule has 2 heterocycles. The maximum absolute atomic E-state index is 4.43. The van der Waals surface area contributed by atoms with Crippen molar-refractivity contribution in [1.82, 2.24) is 19.9 Å². The zero-order chi connectivity index (χ0) is 12.4. The summed E-state index contributed by atoms with van der Waals surface area (Å²) in [6.45, 7) is 2.52. The van der Waals surface area contributed by atoms with Crippen LogP contribution in [0.3, 0.4) is 0 Å². The van der Waals surface area contributed by atoms with Crippen LogP contribution in [0.15, 0.2) is 36.7 Å². The molecule has 0 saturated heterocycles. The first kappa shape index (κ1) is 10.7. The number of para-hydroxylation sites is 2. The van der Waals surface area contributed by atoms with Crippen molar-refractivity contribution in [3.05, 3.63) is 48.0 Å². The standard InChI is InChI=1S/C13H13N5/c1-9-6-15-10(7-14-9)8-16-13-17-11-4-2-3-5-12(11)18-13/h2-7H,8H2,1H3,(H2,16,17,18). The van der Waals surface area contributed by atoms with E-state index in [1.165, 1.54) is 0 Å². The van der Waals surface area contributed by atoms with Crippen molar-refractivity contribution in [2.75, 3.05) is 5.32 Å². The number of hydrogen-bond acceptors (Lipinski definition) is 4. The van der Waals surface area contributed by atoms with Crippen LogP contribution in [0.1, 0.15) is 11.4 Å². The molecule has 3 aromatic rings. The van der Waals surface area contributed by atoms with Crippen LogP contribution >= 0.6 is 0 Å². The molecule has 1 aromatic carbocycles. The zero-order valence-corrected chi connectivity index (χ0v) is 10.0. The number of benzene rings is 1. The molecule has 0 amide bonds. The molecule has 0 bridgehead atoms.